The Bertz CT molecular complexity index is 365. The number of ketones is 1. The zero-order valence-corrected chi connectivity index (χ0v) is 8.15. The molecule has 0 spiro atoms. The van der Waals surface area contributed by atoms with Crippen molar-refractivity contribution in [3.8, 4) is 0 Å². The molecule has 0 bridgehead atoms. The van der Waals surface area contributed by atoms with E-state index in [-0.39, 0.29) is 5.78 Å². The van der Waals surface area contributed by atoms with Gasteiger partial charge in [0.1, 0.15) is 5.69 Å². The molecule has 0 saturated heterocycles. The number of nitrogens with zero attached hydrogens (tertiary/aromatic N) is 2. The van der Waals surface area contributed by atoms with Crippen LogP contribution in [0.4, 0.5) is 0 Å². The highest BCUT2D eigenvalue weighted by molar-refractivity contribution is 5.95. The second-order valence-electron chi connectivity index (χ2n) is 4.46. The standard InChI is InChI=1S/C11H14N2O/c14-11-4-3-9(7-8-1-2-8)13-10(11)5-6-12-13/h5-6,8-9H,1-4,7H2. The van der Waals surface area contributed by atoms with Crippen molar-refractivity contribution < 1.29 is 4.79 Å². The number of rotatable bonds is 2. The molecule has 14 heavy (non-hydrogen) atoms. The monoisotopic (exact) mass is 190 g/mol. The molecule has 0 N–H and O–H groups in total. The predicted molar refractivity (Wildman–Crippen MR) is 52.2 cm³/mol. The van der Waals surface area contributed by atoms with Crippen LogP contribution in [0.3, 0.4) is 0 Å². The largest absolute Gasteiger partial charge is 0.292 e. The number of Topliss-reactive ketones (excluding diaryl/α,β-unsaturated/α-hetero) is 1. The van der Waals surface area contributed by atoms with E-state index in [0.717, 1.165) is 18.0 Å². The van der Waals surface area contributed by atoms with E-state index in [1.165, 1.54) is 19.3 Å². The van der Waals surface area contributed by atoms with Gasteiger partial charge in [-0.25, -0.2) is 0 Å². The average Bonchev–Trinajstić information content (AvgIpc) is 2.83. The van der Waals surface area contributed by atoms with E-state index in [9.17, 15) is 4.79 Å². The van der Waals surface area contributed by atoms with Gasteiger partial charge in [0.05, 0.1) is 6.04 Å². The number of aromatic nitrogens is 2. The van der Waals surface area contributed by atoms with Crippen molar-refractivity contribution >= 4 is 5.78 Å². The first-order valence-corrected chi connectivity index (χ1v) is 5.41. The molecule has 3 nitrogen and oxygen atoms in total. The number of fused-ring (bicyclic) bond motifs is 1. The molecule has 3 rings (SSSR count). The fraction of sp³-hybridized carbons (Fsp3) is 0.636. The fourth-order valence-electron chi connectivity index (χ4n) is 2.33. The van der Waals surface area contributed by atoms with Crippen LogP contribution in [0.5, 0.6) is 0 Å². The quantitative estimate of drug-likeness (QED) is 0.716. The van der Waals surface area contributed by atoms with Gasteiger partial charge >= 0.3 is 0 Å². The van der Waals surface area contributed by atoms with E-state index in [1.54, 1.807) is 6.20 Å². The Morgan fingerprint density at radius 3 is 3.07 bits per heavy atom. The summed E-state index contributed by atoms with van der Waals surface area (Å²) in [4.78, 5) is 11.5. The summed E-state index contributed by atoms with van der Waals surface area (Å²) in [5.41, 5.74) is 0.821. The van der Waals surface area contributed by atoms with Crippen LogP contribution in [0.25, 0.3) is 0 Å². The zero-order chi connectivity index (χ0) is 9.54. The molecule has 1 atom stereocenters. The van der Waals surface area contributed by atoms with Crippen molar-refractivity contribution in [3.63, 3.8) is 0 Å². The van der Waals surface area contributed by atoms with Gasteiger partial charge in [0.2, 0.25) is 0 Å². The van der Waals surface area contributed by atoms with Gasteiger partial charge in [-0.2, -0.15) is 5.10 Å². The van der Waals surface area contributed by atoms with Crippen LogP contribution in [-0.4, -0.2) is 15.6 Å². The van der Waals surface area contributed by atoms with Gasteiger partial charge in [0, 0.05) is 12.6 Å². The molecule has 2 heterocycles. The molecule has 74 valence electrons. The molecule has 1 fully saturated rings. The second kappa shape index (κ2) is 2.94. The third kappa shape index (κ3) is 1.27. The van der Waals surface area contributed by atoms with Crippen LogP contribution < -0.4 is 0 Å². The third-order valence-corrected chi connectivity index (χ3v) is 3.31. The van der Waals surface area contributed by atoms with Crippen molar-refractivity contribution in [2.45, 2.75) is 38.1 Å². The summed E-state index contributed by atoms with van der Waals surface area (Å²) in [6, 6.07) is 2.34. The lowest BCUT2D eigenvalue weighted by Gasteiger charge is -2.23. The molecular formula is C11H14N2O. The van der Waals surface area contributed by atoms with E-state index in [1.807, 2.05) is 10.7 Å². The molecule has 2 aliphatic rings. The molecule has 3 heteroatoms. The highest BCUT2D eigenvalue weighted by Crippen LogP contribution is 2.39. The van der Waals surface area contributed by atoms with Crippen molar-refractivity contribution in [3.05, 3.63) is 18.0 Å². The van der Waals surface area contributed by atoms with E-state index >= 15 is 0 Å². The topological polar surface area (TPSA) is 34.9 Å². The summed E-state index contributed by atoms with van der Waals surface area (Å²) < 4.78 is 1.95. The Balaban J connectivity index is 1.88. The maximum atomic E-state index is 11.5. The van der Waals surface area contributed by atoms with Gasteiger partial charge < -0.3 is 0 Å². The van der Waals surface area contributed by atoms with Gasteiger partial charge in [0.25, 0.3) is 0 Å². The summed E-state index contributed by atoms with van der Waals surface area (Å²) in [5, 5.41) is 4.27. The Hall–Kier alpha value is -1.12. The first-order valence-electron chi connectivity index (χ1n) is 5.41. The lowest BCUT2D eigenvalue weighted by atomic mass is 9.98. The molecule has 1 unspecified atom stereocenters. The number of hydrogen-bond donors (Lipinski definition) is 0. The number of hydrogen-bond acceptors (Lipinski definition) is 2. The van der Waals surface area contributed by atoms with E-state index < -0.39 is 0 Å². The lowest BCUT2D eigenvalue weighted by molar-refractivity contribution is 0.0933. The molecule has 1 aliphatic heterocycles. The maximum Gasteiger partial charge on any atom is 0.180 e. The number of carbonyl (C=O) groups is 1. The van der Waals surface area contributed by atoms with Crippen LogP contribution in [0.15, 0.2) is 12.3 Å². The summed E-state index contributed by atoms with van der Waals surface area (Å²) >= 11 is 0. The first-order chi connectivity index (χ1) is 6.84. The summed E-state index contributed by atoms with van der Waals surface area (Å²) in [5.74, 6) is 1.17. The summed E-state index contributed by atoms with van der Waals surface area (Å²) in [7, 11) is 0. The maximum absolute atomic E-state index is 11.5. The van der Waals surface area contributed by atoms with Crippen molar-refractivity contribution in [2.75, 3.05) is 0 Å². The van der Waals surface area contributed by atoms with Gasteiger partial charge in [-0.05, 0) is 24.8 Å². The fourth-order valence-corrected chi connectivity index (χ4v) is 2.33. The van der Waals surface area contributed by atoms with Crippen LogP contribution >= 0.6 is 0 Å². The van der Waals surface area contributed by atoms with Gasteiger partial charge in [-0.15, -0.1) is 0 Å². The highest BCUT2D eigenvalue weighted by atomic mass is 16.1. The van der Waals surface area contributed by atoms with Gasteiger partial charge in [-0.3, -0.25) is 9.48 Å². The Labute approximate surface area is 83.1 Å². The molecule has 0 radical (unpaired) electrons. The minimum absolute atomic E-state index is 0.259. The molecular weight excluding hydrogens is 176 g/mol. The Morgan fingerprint density at radius 2 is 2.29 bits per heavy atom. The van der Waals surface area contributed by atoms with E-state index in [2.05, 4.69) is 5.10 Å². The minimum Gasteiger partial charge on any atom is -0.292 e. The van der Waals surface area contributed by atoms with E-state index in [4.69, 9.17) is 0 Å². The van der Waals surface area contributed by atoms with Crippen LogP contribution in [0.2, 0.25) is 0 Å². The van der Waals surface area contributed by atoms with Crippen LogP contribution in [-0.2, 0) is 0 Å². The molecule has 1 aromatic heterocycles. The molecule has 0 amide bonds. The van der Waals surface area contributed by atoms with Gasteiger partial charge in [0.15, 0.2) is 5.78 Å². The second-order valence-corrected chi connectivity index (χ2v) is 4.46. The minimum atomic E-state index is 0.259. The molecule has 1 aliphatic carbocycles. The Kier molecular flexibility index (Phi) is 1.72. The van der Waals surface area contributed by atoms with Crippen molar-refractivity contribution in [2.24, 2.45) is 5.92 Å². The molecule has 0 aromatic carbocycles. The molecule has 1 saturated carbocycles. The van der Waals surface area contributed by atoms with E-state index in [0.29, 0.717) is 12.5 Å². The van der Waals surface area contributed by atoms with Crippen molar-refractivity contribution in [1.29, 1.82) is 0 Å². The summed E-state index contributed by atoms with van der Waals surface area (Å²) in [6.45, 7) is 0. The van der Waals surface area contributed by atoms with Crippen LogP contribution in [0.1, 0.15) is 48.6 Å². The third-order valence-electron chi connectivity index (χ3n) is 3.31. The Morgan fingerprint density at radius 1 is 1.43 bits per heavy atom. The lowest BCUT2D eigenvalue weighted by Crippen LogP contribution is -2.23. The normalized spacial score (nSPS) is 26.3. The smallest absolute Gasteiger partial charge is 0.180 e. The highest BCUT2D eigenvalue weighted by Gasteiger charge is 2.31. The van der Waals surface area contributed by atoms with Gasteiger partial charge in [-0.1, -0.05) is 12.8 Å². The molecule has 1 aromatic rings. The number of carbonyl (C=O) groups excluding carboxylic acids is 1. The van der Waals surface area contributed by atoms with Crippen molar-refractivity contribution in [1.82, 2.24) is 9.78 Å². The van der Waals surface area contributed by atoms with Crippen LogP contribution in [0, 0.1) is 5.92 Å². The summed E-state index contributed by atoms with van der Waals surface area (Å²) in [6.07, 6.45) is 7.43. The predicted octanol–water partition coefficient (Wildman–Crippen LogP) is 2.20. The average molecular weight is 190 g/mol. The SMILES string of the molecule is O=C1CCC(CC2CC2)n2nccc21. The first kappa shape index (κ1) is 8.21. The zero-order valence-electron chi connectivity index (χ0n) is 8.15.